The molecule has 2 rings (SSSR count). The van der Waals surface area contributed by atoms with E-state index in [1.165, 1.54) is 6.07 Å². The highest BCUT2D eigenvalue weighted by Crippen LogP contribution is 2.40. The Bertz CT molecular complexity index is 450. The average molecular weight is 232 g/mol. The fourth-order valence-corrected chi connectivity index (χ4v) is 2.46. The Labute approximate surface area is 102 Å². The van der Waals surface area contributed by atoms with Crippen molar-refractivity contribution in [3.8, 4) is 6.07 Å². The summed E-state index contributed by atoms with van der Waals surface area (Å²) in [5, 5.41) is 8.69. The van der Waals surface area contributed by atoms with Gasteiger partial charge in [0.1, 0.15) is 5.82 Å². The molecule has 3 heteroatoms. The number of benzene rings is 1. The second-order valence-corrected chi connectivity index (χ2v) is 4.84. The Morgan fingerprint density at radius 1 is 1.35 bits per heavy atom. The molecule has 0 aliphatic carbocycles. The highest BCUT2D eigenvalue weighted by Gasteiger charge is 2.40. The molecule has 0 spiro atoms. The van der Waals surface area contributed by atoms with Gasteiger partial charge in [-0.3, -0.25) is 0 Å². The molecular weight excluding hydrogens is 215 g/mol. The zero-order chi connectivity index (χ0) is 12.5. The zero-order valence-corrected chi connectivity index (χ0v) is 10.3. The monoisotopic (exact) mass is 232 g/mol. The summed E-state index contributed by atoms with van der Waals surface area (Å²) in [6, 6.07) is 6.65. The summed E-state index contributed by atoms with van der Waals surface area (Å²) in [5.41, 5.74) is 1.37. The highest BCUT2D eigenvalue weighted by atomic mass is 19.1. The summed E-state index contributed by atoms with van der Waals surface area (Å²) in [5.74, 6) is -0.287. The first-order valence-electron chi connectivity index (χ1n) is 6.09. The quantitative estimate of drug-likeness (QED) is 0.799. The third kappa shape index (κ3) is 2.00. The van der Waals surface area contributed by atoms with E-state index in [2.05, 4.69) is 18.7 Å². The smallest absolute Gasteiger partial charge is 0.147 e. The van der Waals surface area contributed by atoms with Gasteiger partial charge in [0.15, 0.2) is 0 Å². The van der Waals surface area contributed by atoms with Crippen molar-refractivity contribution in [2.75, 3.05) is 18.0 Å². The Morgan fingerprint density at radius 2 is 2.00 bits per heavy atom. The Balaban J connectivity index is 2.14. The van der Waals surface area contributed by atoms with Crippen molar-refractivity contribution >= 4 is 5.69 Å². The number of hydrogen-bond donors (Lipinski definition) is 0. The zero-order valence-electron chi connectivity index (χ0n) is 10.3. The van der Waals surface area contributed by atoms with Crippen molar-refractivity contribution in [3.63, 3.8) is 0 Å². The summed E-state index contributed by atoms with van der Waals surface area (Å²) in [7, 11) is 0. The molecule has 1 aromatic carbocycles. The van der Waals surface area contributed by atoms with Crippen LogP contribution in [0.1, 0.15) is 32.3 Å². The number of halogens is 1. The fraction of sp³-hybridized carbons (Fsp3) is 0.500. The van der Waals surface area contributed by atoms with Crippen LogP contribution in [0.4, 0.5) is 10.1 Å². The summed E-state index contributed by atoms with van der Waals surface area (Å²) < 4.78 is 13.8. The van der Waals surface area contributed by atoms with Gasteiger partial charge in [-0.2, -0.15) is 5.26 Å². The van der Waals surface area contributed by atoms with Gasteiger partial charge in [0.05, 0.1) is 17.3 Å². The van der Waals surface area contributed by atoms with E-state index < -0.39 is 0 Å². The summed E-state index contributed by atoms with van der Waals surface area (Å²) in [6.45, 7) is 6.22. The molecule has 0 radical (unpaired) electrons. The van der Waals surface area contributed by atoms with Gasteiger partial charge in [-0.25, -0.2) is 4.39 Å². The Morgan fingerprint density at radius 3 is 2.47 bits per heavy atom. The van der Waals surface area contributed by atoms with Gasteiger partial charge in [0.2, 0.25) is 0 Å². The van der Waals surface area contributed by atoms with Gasteiger partial charge in [-0.05, 0) is 31.0 Å². The van der Waals surface area contributed by atoms with Gasteiger partial charge in [0, 0.05) is 18.5 Å². The molecule has 90 valence electrons. The van der Waals surface area contributed by atoms with E-state index >= 15 is 0 Å². The van der Waals surface area contributed by atoms with E-state index in [1.54, 1.807) is 12.1 Å². The van der Waals surface area contributed by atoms with Gasteiger partial charge < -0.3 is 4.90 Å². The van der Waals surface area contributed by atoms with E-state index in [4.69, 9.17) is 5.26 Å². The largest absolute Gasteiger partial charge is 0.368 e. The molecule has 0 N–H and O–H groups in total. The molecule has 0 atom stereocenters. The first kappa shape index (κ1) is 11.9. The normalized spacial score (nSPS) is 17.4. The summed E-state index contributed by atoms with van der Waals surface area (Å²) in [4.78, 5) is 2.06. The molecule has 0 saturated carbocycles. The Kier molecular flexibility index (Phi) is 3.06. The molecule has 0 aromatic heterocycles. The molecule has 1 aliphatic heterocycles. The molecule has 1 aromatic rings. The predicted molar refractivity (Wildman–Crippen MR) is 66.3 cm³/mol. The van der Waals surface area contributed by atoms with Crippen LogP contribution < -0.4 is 4.90 Å². The molecule has 1 fully saturated rings. The lowest BCUT2D eigenvalue weighted by atomic mass is 9.75. The minimum atomic E-state index is -0.287. The first-order chi connectivity index (χ1) is 8.14. The van der Waals surface area contributed by atoms with Crippen molar-refractivity contribution in [1.82, 2.24) is 0 Å². The molecule has 1 aliphatic rings. The first-order valence-corrected chi connectivity index (χ1v) is 6.09. The van der Waals surface area contributed by atoms with Crippen LogP contribution in [-0.4, -0.2) is 13.1 Å². The van der Waals surface area contributed by atoms with Gasteiger partial charge >= 0.3 is 0 Å². The number of nitriles is 1. The Hall–Kier alpha value is -1.56. The minimum Gasteiger partial charge on any atom is -0.368 e. The number of rotatable bonds is 3. The van der Waals surface area contributed by atoms with E-state index in [9.17, 15) is 4.39 Å². The van der Waals surface area contributed by atoms with Crippen molar-refractivity contribution in [2.45, 2.75) is 26.7 Å². The van der Waals surface area contributed by atoms with Crippen LogP contribution >= 0.6 is 0 Å². The van der Waals surface area contributed by atoms with Crippen LogP contribution in [0, 0.1) is 22.6 Å². The van der Waals surface area contributed by atoms with Crippen LogP contribution in [0.25, 0.3) is 0 Å². The topological polar surface area (TPSA) is 27.0 Å². The third-order valence-corrected chi connectivity index (χ3v) is 3.97. The highest BCUT2D eigenvalue weighted by molar-refractivity contribution is 5.53. The number of anilines is 1. The maximum absolute atomic E-state index is 13.8. The van der Waals surface area contributed by atoms with E-state index in [0.717, 1.165) is 25.9 Å². The molecule has 0 bridgehead atoms. The fourth-order valence-electron chi connectivity index (χ4n) is 2.46. The van der Waals surface area contributed by atoms with E-state index in [-0.39, 0.29) is 5.82 Å². The van der Waals surface area contributed by atoms with Crippen molar-refractivity contribution in [3.05, 3.63) is 29.6 Å². The second kappa shape index (κ2) is 4.37. The molecule has 1 saturated heterocycles. The lowest BCUT2D eigenvalue weighted by molar-refractivity contribution is 0.193. The van der Waals surface area contributed by atoms with E-state index in [0.29, 0.717) is 16.7 Å². The molecule has 1 heterocycles. The summed E-state index contributed by atoms with van der Waals surface area (Å²) >= 11 is 0. The molecule has 2 nitrogen and oxygen atoms in total. The van der Waals surface area contributed by atoms with E-state index in [1.807, 2.05) is 6.07 Å². The second-order valence-electron chi connectivity index (χ2n) is 4.84. The lowest BCUT2D eigenvalue weighted by Crippen LogP contribution is -2.56. The van der Waals surface area contributed by atoms with Gasteiger partial charge in [-0.1, -0.05) is 13.8 Å². The molecule has 0 unspecified atom stereocenters. The van der Waals surface area contributed by atoms with Gasteiger partial charge in [0.25, 0.3) is 0 Å². The van der Waals surface area contributed by atoms with Crippen LogP contribution in [0.3, 0.4) is 0 Å². The molecule has 0 amide bonds. The van der Waals surface area contributed by atoms with Crippen LogP contribution in [0.2, 0.25) is 0 Å². The third-order valence-electron chi connectivity index (χ3n) is 3.97. The minimum absolute atomic E-state index is 0.287. The van der Waals surface area contributed by atoms with Crippen LogP contribution in [0.5, 0.6) is 0 Å². The average Bonchev–Trinajstić information content (AvgIpc) is 2.30. The van der Waals surface area contributed by atoms with Crippen LogP contribution in [-0.2, 0) is 0 Å². The van der Waals surface area contributed by atoms with Crippen LogP contribution in [0.15, 0.2) is 18.2 Å². The van der Waals surface area contributed by atoms with Crippen molar-refractivity contribution in [1.29, 1.82) is 5.26 Å². The predicted octanol–water partition coefficient (Wildman–Crippen LogP) is 3.32. The maximum atomic E-state index is 13.8. The number of nitrogens with zero attached hydrogens (tertiary/aromatic N) is 2. The van der Waals surface area contributed by atoms with Gasteiger partial charge in [-0.15, -0.1) is 0 Å². The van der Waals surface area contributed by atoms with Crippen molar-refractivity contribution in [2.24, 2.45) is 5.41 Å². The lowest BCUT2D eigenvalue weighted by Gasteiger charge is -2.51. The number of hydrogen-bond acceptors (Lipinski definition) is 2. The standard InChI is InChI=1S/C14H17FN2/c1-3-14(4-2)9-17(10-14)13-6-5-11(8-16)7-12(13)15/h5-7H,3-4,9-10H2,1-2H3. The van der Waals surface area contributed by atoms with Crippen molar-refractivity contribution < 1.29 is 4.39 Å². The SMILES string of the molecule is CCC1(CC)CN(c2ccc(C#N)cc2F)C1. The molecule has 17 heavy (non-hydrogen) atoms. The summed E-state index contributed by atoms with van der Waals surface area (Å²) in [6.07, 6.45) is 2.27. The maximum Gasteiger partial charge on any atom is 0.147 e. The molecular formula is C14H17FN2.